The van der Waals surface area contributed by atoms with Crippen molar-refractivity contribution in [1.82, 2.24) is 34.3 Å². The first-order valence-electron chi connectivity index (χ1n) is 21.0. The van der Waals surface area contributed by atoms with Gasteiger partial charge in [0.1, 0.15) is 23.0 Å². The molecule has 4 fully saturated rings. The Morgan fingerprint density at radius 1 is 0.855 bits per heavy atom. The van der Waals surface area contributed by atoms with Crippen LogP contribution in [0.25, 0.3) is 28.1 Å². The number of nitrogens with one attached hydrogen (secondary N) is 1. The van der Waals surface area contributed by atoms with Gasteiger partial charge in [0.05, 0.1) is 12.0 Å². The molecule has 3 aromatic heterocycles. The van der Waals surface area contributed by atoms with Gasteiger partial charge in [0.25, 0.3) is 10.2 Å². The van der Waals surface area contributed by atoms with Crippen LogP contribution in [0.15, 0.2) is 79.4 Å². The van der Waals surface area contributed by atoms with E-state index in [9.17, 15) is 18.0 Å². The Morgan fingerprint density at radius 3 is 2.32 bits per heavy atom. The Morgan fingerprint density at radius 2 is 1.63 bits per heavy atom. The molecule has 7 heterocycles. The Balaban J connectivity index is 0.850. The number of carbonyl (C=O) groups is 2. The van der Waals surface area contributed by atoms with Crippen molar-refractivity contribution in [3.8, 4) is 28.1 Å². The number of benzene rings is 2. The number of nitrogens with two attached hydrogens (primary N) is 1. The maximum atomic E-state index is 16.6. The molecule has 324 valence electrons. The summed E-state index contributed by atoms with van der Waals surface area (Å²) in [5.74, 6) is -0.512. The van der Waals surface area contributed by atoms with Crippen molar-refractivity contribution in [2.45, 2.75) is 50.5 Å². The van der Waals surface area contributed by atoms with Gasteiger partial charge in [-0.1, -0.05) is 17.7 Å². The molecule has 0 saturated carbocycles. The van der Waals surface area contributed by atoms with Gasteiger partial charge in [0.15, 0.2) is 5.82 Å². The van der Waals surface area contributed by atoms with Gasteiger partial charge in [-0.05, 0) is 92.1 Å². The number of nitrogens with zero attached hydrogens (tertiary/aromatic N) is 8. The second kappa shape index (κ2) is 17.4. The molecule has 0 spiro atoms. The average molecular weight is 885 g/mol. The first-order valence-corrected chi connectivity index (χ1v) is 22.9. The molecular weight excluding hydrogens is 838 g/mol. The maximum absolute atomic E-state index is 16.6. The van der Waals surface area contributed by atoms with E-state index in [-0.39, 0.29) is 46.1 Å². The quantitative estimate of drug-likeness (QED) is 0.163. The smallest absolute Gasteiger partial charge is 0.277 e. The van der Waals surface area contributed by atoms with Crippen molar-refractivity contribution >= 4 is 45.1 Å². The Hall–Kier alpha value is -5.33. The lowest BCUT2D eigenvalue weighted by molar-refractivity contribution is -0.134. The summed E-state index contributed by atoms with van der Waals surface area (Å²) in [4.78, 5) is 39.6. The second-order valence-corrected chi connectivity index (χ2v) is 18.5. The van der Waals surface area contributed by atoms with Crippen molar-refractivity contribution in [3.05, 3.63) is 107 Å². The number of aromatic nitrogens is 4. The molecule has 9 rings (SSSR count). The summed E-state index contributed by atoms with van der Waals surface area (Å²) in [6, 6.07) is 14.5. The van der Waals surface area contributed by atoms with E-state index in [2.05, 4.69) is 30.0 Å². The van der Waals surface area contributed by atoms with Crippen LogP contribution in [-0.4, -0.2) is 102 Å². The Labute approximate surface area is 363 Å². The van der Waals surface area contributed by atoms with E-state index < -0.39 is 27.9 Å². The van der Waals surface area contributed by atoms with Gasteiger partial charge in [-0.2, -0.15) is 17.8 Å². The first kappa shape index (κ1) is 42.0. The van der Waals surface area contributed by atoms with Gasteiger partial charge >= 0.3 is 0 Å². The molecule has 2 atom stereocenters. The molecule has 3 N–H and O–H groups in total. The van der Waals surface area contributed by atoms with Crippen molar-refractivity contribution in [2.24, 2.45) is 11.1 Å². The van der Waals surface area contributed by atoms with Gasteiger partial charge in [-0.3, -0.25) is 24.8 Å². The average Bonchev–Trinajstić information content (AvgIpc) is 3.95. The second-order valence-electron chi connectivity index (χ2n) is 16.5. The number of piperidine rings is 2. The molecule has 18 heteroatoms. The van der Waals surface area contributed by atoms with Crippen molar-refractivity contribution < 1.29 is 26.8 Å². The number of hydrogen-bond acceptors (Lipinski definition) is 10. The molecule has 62 heavy (non-hydrogen) atoms. The number of pyridine rings is 2. The highest BCUT2D eigenvalue weighted by Crippen LogP contribution is 2.42. The fraction of sp³-hybridized carbons (Fsp3) is 0.386. The monoisotopic (exact) mass is 884 g/mol. The highest BCUT2D eigenvalue weighted by Gasteiger charge is 2.36. The summed E-state index contributed by atoms with van der Waals surface area (Å²) in [5.41, 5.74) is 3.33. The highest BCUT2D eigenvalue weighted by molar-refractivity contribution is 7.86. The zero-order valence-corrected chi connectivity index (χ0v) is 35.5. The number of anilines is 2. The lowest BCUT2D eigenvalue weighted by atomic mass is 9.91. The van der Waals surface area contributed by atoms with E-state index in [1.54, 1.807) is 43.0 Å². The van der Waals surface area contributed by atoms with Crippen LogP contribution in [0.1, 0.15) is 61.6 Å². The molecule has 0 radical (unpaired) electrons. The molecule has 0 bridgehead atoms. The third-order valence-electron chi connectivity index (χ3n) is 12.7. The standard InChI is InChI=1S/C44H47ClF2N10O4S/c45-31-22-34(42(47)35(23-31)38-2-1-15-57(38)62(48,60)61)36-27-56(52-43(36)29-9-13-49-14-10-29)39-6-4-32(24-37(39)46)54-20-18-53(19-21-54)26-28-11-16-55(17-12-28)40-7-3-30(25-50-40)33-5-8-41(58)51-44(33)59/h3-4,6-7,9-10,13-14,22-25,27-28,33,38H,1-2,5,8,11-12,15-21,26H2,(H2,48,60,61)(H,51,58,59). The minimum atomic E-state index is -4.09. The Bertz CT molecular complexity index is 2580. The van der Waals surface area contributed by atoms with Crippen LogP contribution in [0.3, 0.4) is 0 Å². The number of halogens is 3. The topological polar surface area (TPSA) is 163 Å². The number of imide groups is 1. The molecule has 4 aliphatic rings. The summed E-state index contributed by atoms with van der Waals surface area (Å²) in [6.07, 6.45) is 10.3. The summed E-state index contributed by atoms with van der Waals surface area (Å²) < 4.78 is 60.1. The maximum Gasteiger partial charge on any atom is 0.277 e. The van der Waals surface area contributed by atoms with Crippen LogP contribution in [0, 0.1) is 17.6 Å². The summed E-state index contributed by atoms with van der Waals surface area (Å²) in [7, 11) is -4.09. The minimum Gasteiger partial charge on any atom is -0.369 e. The zero-order valence-electron chi connectivity index (χ0n) is 34.0. The van der Waals surface area contributed by atoms with Crippen LogP contribution >= 0.6 is 11.6 Å². The van der Waals surface area contributed by atoms with Crippen LogP contribution in [0.2, 0.25) is 5.02 Å². The lowest BCUT2D eigenvalue weighted by Crippen LogP contribution is -2.49. The molecule has 4 aliphatic heterocycles. The largest absolute Gasteiger partial charge is 0.369 e. The molecule has 2 aromatic carbocycles. The molecule has 0 aliphatic carbocycles. The van der Waals surface area contributed by atoms with E-state index in [4.69, 9.17) is 21.8 Å². The third-order valence-corrected chi connectivity index (χ3v) is 14.0. The molecular formula is C44H47ClF2N10O4S. The van der Waals surface area contributed by atoms with Crippen molar-refractivity contribution in [2.75, 3.05) is 62.2 Å². The first-order chi connectivity index (χ1) is 29.9. The number of amides is 2. The van der Waals surface area contributed by atoms with Crippen molar-refractivity contribution in [1.29, 1.82) is 0 Å². The summed E-state index contributed by atoms with van der Waals surface area (Å²) in [6.45, 7) is 6.18. The van der Waals surface area contributed by atoms with Gasteiger partial charge in [0, 0.05) is 117 Å². The normalized spacial score (nSPS) is 20.8. The van der Waals surface area contributed by atoms with Crippen molar-refractivity contribution in [3.63, 3.8) is 0 Å². The summed E-state index contributed by atoms with van der Waals surface area (Å²) >= 11 is 6.57. The number of rotatable bonds is 10. The van der Waals surface area contributed by atoms with Gasteiger partial charge in [-0.25, -0.2) is 23.6 Å². The van der Waals surface area contributed by atoms with Gasteiger partial charge in [0.2, 0.25) is 11.8 Å². The molecule has 2 amide bonds. The molecule has 14 nitrogen and oxygen atoms in total. The SMILES string of the molecule is NS(=O)(=O)N1CCCC1c1cc(Cl)cc(-c2cn(-c3ccc(N4CCN(CC5CCN(c6ccc(C7CCC(=O)NC7=O)cn6)CC5)CC4)cc3F)nc2-c2ccncc2)c1F. The van der Waals surface area contributed by atoms with Crippen LogP contribution in [-0.2, 0) is 19.8 Å². The molecule has 5 aromatic rings. The minimum absolute atomic E-state index is 0.0996. The predicted molar refractivity (Wildman–Crippen MR) is 232 cm³/mol. The van der Waals surface area contributed by atoms with E-state index in [0.717, 1.165) is 80.0 Å². The van der Waals surface area contributed by atoms with Crippen LogP contribution in [0.4, 0.5) is 20.3 Å². The molecule has 4 saturated heterocycles. The zero-order chi connectivity index (χ0) is 43.1. The lowest BCUT2D eigenvalue weighted by Gasteiger charge is -2.40. The third kappa shape index (κ3) is 8.68. The van der Waals surface area contributed by atoms with Gasteiger partial charge in [-0.15, -0.1) is 0 Å². The fourth-order valence-electron chi connectivity index (χ4n) is 9.40. The number of hydrogen-bond donors (Lipinski definition) is 2. The Kier molecular flexibility index (Phi) is 11.8. The van der Waals surface area contributed by atoms with Crippen LogP contribution < -0.4 is 20.3 Å². The van der Waals surface area contributed by atoms with E-state index in [1.807, 2.05) is 18.2 Å². The van der Waals surface area contributed by atoms with E-state index >= 15 is 8.78 Å². The van der Waals surface area contributed by atoms with E-state index in [0.29, 0.717) is 48.4 Å². The summed E-state index contributed by atoms with van der Waals surface area (Å²) in [5, 5.41) is 12.9. The van der Waals surface area contributed by atoms with E-state index in [1.165, 1.54) is 22.9 Å². The van der Waals surface area contributed by atoms with Gasteiger partial charge < -0.3 is 9.80 Å². The number of carbonyl (C=O) groups excluding carboxylic acids is 2. The highest BCUT2D eigenvalue weighted by atomic mass is 35.5. The predicted octanol–water partition coefficient (Wildman–Crippen LogP) is 5.83. The molecule has 2 unspecified atom stereocenters. The number of piperazine rings is 1. The fourth-order valence-corrected chi connectivity index (χ4v) is 10.6. The van der Waals surface area contributed by atoms with Crippen LogP contribution in [0.5, 0.6) is 0 Å².